The van der Waals surface area contributed by atoms with E-state index >= 15 is 0 Å². The Bertz CT molecular complexity index is 1090. The maximum absolute atomic E-state index is 12.5. The van der Waals surface area contributed by atoms with E-state index in [0.29, 0.717) is 30.3 Å². The number of thiophene rings is 1. The van der Waals surface area contributed by atoms with Crippen LogP contribution in [0.15, 0.2) is 10.2 Å². The predicted octanol–water partition coefficient (Wildman–Crippen LogP) is 4.00. The van der Waals surface area contributed by atoms with E-state index in [1.165, 1.54) is 15.4 Å². The molecule has 3 heterocycles. The van der Waals surface area contributed by atoms with Gasteiger partial charge < -0.3 is 10.3 Å². The maximum atomic E-state index is 12.5. The first kappa shape index (κ1) is 21.5. The fourth-order valence-corrected chi connectivity index (χ4v) is 6.59. The van der Waals surface area contributed by atoms with Crippen LogP contribution in [-0.2, 0) is 29.8 Å². The number of nitrogens with zero attached hydrogens (tertiary/aromatic N) is 2. The molecule has 0 unspecified atom stereocenters. The van der Waals surface area contributed by atoms with E-state index in [9.17, 15) is 9.59 Å². The molecule has 9 heteroatoms. The topological polar surface area (TPSA) is 87.7 Å². The number of carbonyl (C=O) groups is 1. The predicted molar refractivity (Wildman–Crippen MR) is 126 cm³/mol. The molecule has 2 N–H and O–H groups in total. The summed E-state index contributed by atoms with van der Waals surface area (Å²) in [6.45, 7) is 2.72. The first-order valence-electron chi connectivity index (χ1n) is 10.4. The van der Waals surface area contributed by atoms with Crippen LogP contribution in [0.2, 0.25) is 0 Å². The fraction of sp³-hybridized carbons (Fsp3) is 0.524. The number of carbonyl (C=O) groups excluding carboxylic acids is 1. The second kappa shape index (κ2) is 10.1. The third-order valence-electron chi connectivity index (χ3n) is 5.14. The van der Waals surface area contributed by atoms with Crippen LogP contribution in [0, 0.1) is 6.92 Å². The summed E-state index contributed by atoms with van der Waals surface area (Å²) < 4.78 is 0. The molecule has 0 fully saturated rings. The molecule has 1 aliphatic rings. The summed E-state index contributed by atoms with van der Waals surface area (Å²) in [7, 11) is 0. The molecular formula is C21H26N4O2S3. The number of nitrogens with one attached hydrogen (secondary N) is 2. The van der Waals surface area contributed by atoms with Crippen LogP contribution in [0.4, 0.5) is 0 Å². The van der Waals surface area contributed by atoms with Crippen LogP contribution in [0.5, 0.6) is 0 Å². The molecule has 160 valence electrons. The van der Waals surface area contributed by atoms with E-state index in [0.717, 1.165) is 54.4 Å². The van der Waals surface area contributed by atoms with Gasteiger partial charge in [0, 0.05) is 34.7 Å². The van der Waals surface area contributed by atoms with Crippen LogP contribution in [0.3, 0.4) is 0 Å². The van der Waals surface area contributed by atoms with Crippen molar-refractivity contribution in [2.45, 2.75) is 57.6 Å². The van der Waals surface area contributed by atoms with Gasteiger partial charge in [-0.3, -0.25) is 9.59 Å². The molecule has 3 aromatic heterocycles. The molecule has 0 spiro atoms. The average molecular weight is 463 g/mol. The highest BCUT2D eigenvalue weighted by Gasteiger charge is 2.21. The first-order valence-corrected chi connectivity index (χ1v) is 13.2. The number of thioether (sulfide) groups is 1. The number of hydrogen-bond acceptors (Lipinski definition) is 7. The largest absolute Gasteiger partial charge is 0.356 e. The number of thiazole rings is 1. The number of hydrogen-bond donors (Lipinski definition) is 2. The number of unbranched alkanes of at least 4 members (excludes halogenated alkanes) is 1. The smallest absolute Gasteiger partial charge is 0.259 e. The summed E-state index contributed by atoms with van der Waals surface area (Å²) in [5, 5.41) is 7.03. The highest BCUT2D eigenvalue weighted by atomic mass is 32.2. The van der Waals surface area contributed by atoms with E-state index in [4.69, 9.17) is 0 Å². The van der Waals surface area contributed by atoms with Gasteiger partial charge in [-0.05, 0) is 51.0 Å². The van der Waals surface area contributed by atoms with Gasteiger partial charge in [-0.25, -0.2) is 9.97 Å². The molecule has 0 aromatic carbocycles. The molecular weight excluding hydrogens is 436 g/mol. The van der Waals surface area contributed by atoms with E-state index in [1.807, 2.05) is 6.92 Å². The Morgan fingerprint density at radius 1 is 1.30 bits per heavy atom. The molecule has 0 saturated heterocycles. The summed E-state index contributed by atoms with van der Waals surface area (Å²) in [5.41, 5.74) is 2.28. The van der Waals surface area contributed by atoms with Crippen molar-refractivity contribution in [2.24, 2.45) is 0 Å². The molecule has 0 bridgehead atoms. The van der Waals surface area contributed by atoms with Crippen molar-refractivity contribution < 1.29 is 4.79 Å². The van der Waals surface area contributed by atoms with Gasteiger partial charge in [0.2, 0.25) is 5.91 Å². The maximum Gasteiger partial charge on any atom is 0.259 e. The minimum absolute atomic E-state index is 0.0133. The van der Waals surface area contributed by atoms with Gasteiger partial charge >= 0.3 is 0 Å². The Kier molecular flexibility index (Phi) is 7.22. The third kappa shape index (κ3) is 5.31. The quantitative estimate of drug-likeness (QED) is 0.445. The monoisotopic (exact) mass is 462 g/mol. The Hall–Kier alpha value is -1.71. The van der Waals surface area contributed by atoms with E-state index in [-0.39, 0.29) is 11.5 Å². The van der Waals surface area contributed by atoms with Crippen LogP contribution >= 0.6 is 34.4 Å². The molecule has 3 aromatic rings. The lowest BCUT2D eigenvalue weighted by molar-refractivity contribution is -0.120. The minimum Gasteiger partial charge on any atom is -0.356 e. The van der Waals surface area contributed by atoms with Crippen molar-refractivity contribution in [2.75, 3.05) is 12.3 Å². The minimum atomic E-state index is -0.0133. The van der Waals surface area contributed by atoms with E-state index < -0.39 is 0 Å². The lowest BCUT2D eigenvalue weighted by Crippen LogP contribution is -2.24. The van der Waals surface area contributed by atoms with Gasteiger partial charge in [-0.2, -0.15) is 11.8 Å². The van der Waals surface area contributed by atoms with Gasteiger partial charge in [-0.1, -0.05) is 0 Å². The third-order valence-corrected chi connectivity index (χ3v) is 8.33. The molecule has 30 heavy (non-hydrogen) atoms. The summed E-state index contributed by atoms with van der Waals surface area (Å²) >= 11 is 5.00. The second-order valence-electron chi connectivity index (χ2n) is 7.54. The van der Waals surface area contributed by atoms with Gasteiger partial charge in [0.15, 0.2) is 0 Å². The van der Waals surface area contributed by atoms with E-state index in [1.54, 1.807) is 34.4 Å². The molecule has 0 radical (unpaired) electrons. The van der Waals surface area contributed by atoms with Crippen LogP contribution in [-0.4, -0.2) is 33.2 Å². The van der Waals surface area contributed by atoms with Gasteiger partial charge in [0.05, 0.1) is 16.1 Å². The van der Waals surface area contributed by atoms with Crippen molar-refractivity contribution in [3.05, 3.63) is 42.7 Å². The molecule has 4 rings (SSSR count). The molecule has 1 amide bonds. The summed E-state index contributed by atoms with van der Waals surface area (Å²) in [6.07, 6.45) is 6.67. The average Bonchev–Trinajstić information content (AvgIpc) is 3.41. The lowest BCUT2D eigenvalue weighted by atomic mass is 10.2. The van der Waals surface area contributed by atoms with Crippen LogP contribution < -0.4 is 10.9 Å². The molecule has 0 saturated carbocycles. The number of aromatic amines is 1. The summed E-state index contributed by atoms with van der Waals surface area (Å²) in [6, 6.07) is 0. The standard InChI is InChI=1S/C21H26N4O2S3/c1-13-11-29-18(23-13)7-2-3-9-22-17(26)8-10-28-12-16-24-20(27)19-14-5-4-6-15(14)30-21(19)25-16/h11H,2-10,12H2,1H3,(H,22,26)(H,24,25,27). The van der Waals surface area contributed by atoms with Crippen molar-refractivity contribution in [1.82, 2.24) is 20.3 Å². The van der Waals surface area contributed by atoms with Crippen molar-refractivity contribution in [1.29, 1.82) is 0 Å². The van der Waals surface area contributed by atoms with Gasteiger partial charge in [-0.15, -0.1) is 22.7 Å². The van der Waals surface area contributed by atoms with E-state index in [2.05, 4.69) is 25.6 Å². The SMILES string of the molecule is Cc1csc(CCCCNC(=O)CCSCc2nc3sc4c(c3c(=O)[nH]2)CCC4)n1. The normalized spacial score (nSPS) is 13.1. The first-order chi connectivity index (χ1) is 14.6. The Labute approximate surface area is 187 Å². The zero-order chi connectivity index (χ0) is 20.9. The number of rotatable bonds is 10. The zero-order valence-electron chi connectivity index (χ0n) is 17.1. The fourth-order valence-electron chi connectivity index (χ4n) is 3.68. The zero-order valence-corrected chi connectivity index (χ0v) is 19.5. The highest BCUT2D eigenvalue weighted by Crippen LogP contribution is 2.34. The molecule has 0 atom stereocenters. The summed E-state index contributed by atoms with van der Waals surface area (Å²) in [5.74, 6) is 2.12. The second-order valence-corrected chi connectivity index (χ2v) is 10.7. The van der Waals surface area contributed by atoms with Gasteiger partial charge in [0.1, 0.15) is 10.7 Å². The number of fused-ring (bicyclic) bond motifs is 3. The van der Waals surface area contributed by atoms with Crippen molar-refractivity contribution in [3.63, 3.8) is 0 Å². The Morgan fingerprint density at radius 2 is 2.20 bits per heavy atom. The molecule has 0 aliphatic heterocycles. The number of amides is 1. The molecule has 6 nitrogen and oxygen atoms in total. The van der Waals surface area contributed by atoms with Gasteiger partial charge in [0.25, 0.3) is 5.56 Å². The summed E-state index contributed by atoms with van der Waals surface area (Å²) in [4.78, 5) is 38.7. The number of aryl methyl sites for hydroxylation is 4. The van der Waals surface area contributed by atoms with Crippen molar-refractivity contribution in [3.8, 4) is 0 Å². The Morgan fingerprint density at radius 3 is 3.03 bits per heavy atom. The van der Waals surface area contributed by atoms with Crippen LogP contribution in [0.1, 0.15) is 52.6 Å². The Balaban J connectivity index is 1.14. The highest BCUT2D eigenvalue weighted by molar-refractivity contribution is 7.98. The van der Waals surface area contributed by atoms with Crippen molar-refractivity contribution >= 4 is 50.6 Å². The number of aromatic nitrogens is 3. The lowest BCUT2D eigenvalue weighted by Gasteiger charge is -2.05. The molecule has 1 aliphatic carbocycles. The number of H-pyrrole nitrogens is 1. The van der Waals surface area contributed by atoms with Crippen LogP contribution in [0.25, 0.3) is 10.2 Å².